The molecule has 5 nitrogen and oxygen atoms in total. The first kappa shape index (κ1) is 16.1. The minimum Gasteiger partial charge on any atom is -0.493 e. The van der Waals surface area contributed by atoms with Gasteiger partial charge in [-0.2, -0.15) is 5.10 Å². The summed E-state index contributed by atoms with van der Waals surface area (Å²) in [5, 5.41) is 6.08. The Morgan fingerprint density at radius 2 is 1.83 bits per heavy atom. The first-order valence-electron chi connectivity index (χ1n) is 7.79. The number of hydrazone groups is 1. The zero-order chi connectivity index (χ0) is 17.1. The van der Waals surface area contributed by atoms with Crippen LogP contribution in [0.1, 0.15) is 30.5 Å². The predicted molar refractivity (Wildman–Crippen MR) is 92.4 cm³/mol. The van der Waals surface area contributed by atoms with Gasteiger partial charge in [-0.3, -0.25) is 4.79 Å². The van der Waals surface area contributed by atoms with Crippen LogP contribution < -0.4 is 9.47 Å². The second kappa shape index (κ2) is 6.74. The molecule has 0 N–H and O–H groups in total. The van der Waals surface area contributed by atoms with Gasteiger partial charge in [-0.25, -0.2) is 5.01 Å². The number of benzene rings is 2. The van der Waals surface area contributed by atoms with Crippen molar-refractivity contribution in [3.63, 3.8) is 0 Å². The van der Waals surface area contributed by atoms with Crippen LogP contribution in [0.4, 0.5) is 0 Å². The van der Waals surface area contributed by atoms with Gasteiger partial charge in [0.1, 0.15) is 0 Å². The molecule has 1 heterocycles. The summed E-state index contributed by atoms with van der Waals surface area (Å²) in [6.45, 7) is 1.52. The highest BCUT2D eigenvalue weighted by atomic mass is 16.5. The molecule has 1 atom stereocenters. The maximum Gasteiger partial charge on any atom is 0.240 e. The van der Waals surface area contributed by atoms with Gasteiger partial charge in [-0.15, -0.1) is 0 Å². The fourth-order valence-electron chi connectivity index (χ4n) is 3.02. The van der Waals surface area contributed by atoms with E-state index in [0.717, 1.165) is 16.8 Å². The molecule has 0 radical (unpaired) electrons. The van der Waals surface area contributed by atoms with Crippen LogP contribution in [0.15, 0.2) is 53.6 Å². The Hall–Kier alpha value is -2.82. The molecule has 2 aromatic rings. The van der Waals surface area contributed by atoms with Crippen LogP contribution in [0.5, 0.6) is 11.5 Å². The van der Waals surface area contributed by atoms with Gasteiger partial charge in [0.05, 0.1) is 26.0 Å². The summed E-state index contributed by atoms with van der Waals surface area (Å²) in [6.07, 6.45) is 0.632. The molecular weight excluding hydrogens is 304 g/mol. The van der Waals surface area contributed by atoms with Crippen molar-refractivity contribution in [1.29, 1.82) is 0 Å². The number of carbonyl (C=O) groups is 1. The van der Waals surface area contributed by atoms with Crippen molar-refractivity contribution in [1.82, 2.24) is 5.01 Å². The van der Waals surface area contributed by atoms with Gasteiger partial charge in [-0.1, -0.05) is 42.5 Å². The normalized spacial score (nSPS) is 16.7. The summed E-state index contributed by atoms with van der Waals surface area (Å²) >= 11 is 0. The van der Waals surface area contributed by atoms with Gasteiger partial charge in [0, 0.05) is 18.9 Å². The predicted octanol–water partition coefficient (Wildman–Crippen LogP) is 3.40. The van der Waals surface area contributed by atoms with Crippen LogP contribution in [0.3, 0.4) is 0 Å². The highest BCUT2D eigenvalue weighted by Crippen LogP contribution is 2.41. The molecule has 124 valence electrons. The Labute approximate surface area is 141 Å². The molecule has 24 heavy (non-hydrogen) atoms. The van der Waals surface area contributed by atoms with E-state index in [1.54, 1.807) is 14.2 Å². The van der Waals surface area contributed by atoms with Gasteiger partial charge in [0.25, 0.3) is 0 Å². The number of hydrogen-bond acceptors (Lipinski definition) is 4. The third-order valence-corrected chi connectivity index (χ3v) is 4.13. The number of rotatable bonds is 4. The molecule has 0 saturated heterocycles. The molecular formula is C19H20N2O3. The Morgan fingerprint density at radius 3 is 2.46 bits per heavy atom. The van der Waals surface area contributed by atoms with Crippen LogP contribution in [-0.2, 0) is 4.79 Å². The van der Waals surface area contributed by atoms with Crippen molar-refractivity contribution in [3.8, 4) is 11.5 Å². The molecule has 1 aliphatic rings. The molecule has 0 unspecified atom stereocenters. The number of nitrogens with zero attached hydrogens (tertiary/aromatic N) is 2. The lowest BCUT2D eigenvalue weighted by Gasteiger charge is -2.23. The van der Waals surface area contributed by atoms with E-state index in [4.69, 9.17) is 9.47 Å². The van der Waals surface area contributed by atoms with Crippen LogP contribution in [0, 0.1) is 0 Å². The first-order chi connectivity index (χ1) is 11.7. The summed E-state index contributed by atoms with van der Waals surface area (Å²) in [7, 11) is 3.21. The largest absolute Gasteiger partial charge is 0.493 e. The number of amides is 1. The molecule has 0 spiro atoms. The molecule has 5 heteroatoms. The maximum absolute atomic E-state index is 12.1. The lowest BCUT2D eigenvalue weighted by molar-refractivity contribution is -0.130. The summed E-state index contributed by atoms with van der Waals surface area (Å²) in [5.41, 5.74) is 2.80. The topological polar surface area (TPSA) is 51.1 Å². The van der Waals surface area contributed by atoms with E-state index in [1.165, 1.54) is 11.9 Å². The standard InChI is InChI=1S/C19H20N2O3/c1-13(22)21-17(12-16(20-21)14-8-5-4-6-9-14)15-10-7-11-18(23-2)19(15)24-3/h4-11,17H,12H2,1-3H3/t17-/m0/s1. The van der Waals surface area contributed by atoms with Gasteiger partial charge >= 0.3 is 0 Å². The smallest absolute Gasteiger partial charge is 0.240 e. The SMILES string of the molecule is COc1cccc([C@@H]2CC(c3ccccc3)=NN2C(C)=O)c1OC. The van der Waals surface area contributed by atoms with E-state index in [-0.39, 0.29) is 11.9 Å². The minimum absolute atomic E-state index is 0.101. The quantitative estimate of drug-likeness (QED) is 0.866. The van der Waals surface area contributed by atoms with Crippen molar-refractivity contribution in [3.05, 3.63) is 59.7 Å². The first-order valence-corrected chi connectivity index (χ1v) is 7.79. The molecule has 1 amide bonds. The Bertz CT molecular complexity index is 771. The fraction of sp³-hybridized carbons (Fsp3) is 0.263. The third kappa shape index (κ3) is 2.85. The monoisotopic (exact) mass is 324 g/mol. The highest BCUT2D eigenvalue weighted by molar-refractivity contribution is 6.03. The van der Waals surface area contributed by atoms with E-state index < -0.39 is 0 Å². The lowest BCUT2D eigenvalue weighted by atomic mass is 9.97. The van der Waals surface area contributed by atoms with E-state index in [2.05, 4.69) is 5.10 Å². The molecule has 0 aliphatic carbocycles. The summed E-state index contributed by atoms with van der Waals surface area (Å²) in [5.74, 6) is 1.18. The molecule has 0 bridgehead atoms. The number of methoxy groups -OCH3 is 2. The zero-order valence-electron chi connectivity index (χ0n) is 14.0. The maximum atomic E-state index is 12.1. The zero-order valence-corrected chi connectivity index (χ0v) is 14.0. The van der Waals surface area contributed by atoms with Gasteiger partial charge in [0.2, 0.25) is 5.91 Å². The van der Waals surface area contributed by atoms with E-state index in [0.29, 0.717) is 17.9 Å². The molecule has 0 saturated carbocycles. The average Bonchev–Trinajstić information content (AvgIpc) is 3.07. The summed E-state index contributed by atoms with van der Waals surface area (Å²) < 4.78 is 10.9. The van der Waals surface area contributed by atoms with Crippen LogP contribution >= 0.6 is 0 Å². The second-order valence-corrected chi connectivity index (χ2v) is 5.58. The molecule has 0 fully saturated rings. The lowest BCUT2D eigenvalue weighted by Crippen LogP contribution is -2.24. The van der Waals surface area contributed by atoms with Crippen LogP contribution in [0.2, 0.25) is 0 Å². The Kier molecular flexibility index (Phi) is 4.51. The average molecular weight is 324 g/mol. The van der Waals surface area contributed by atoms with Crippen LogP contribution in [-0.4, -0.2) is 30.8 Å². The number of carbonyl (C=O) groups excluding carboxylic acids is 1. The Morgan fingerprint density at radius 1 is 1.08 bits per heavy atom. The van der Waals surface area contributed by atoms with Gasteiger partial charge < -0.3 is 9.47 Å². The van der Waals surface area contributed by atoms with Gasteiger partial charge in [0.15, 0.2) is 11.5 Å². The van der Waals surface area contributed by atoms with Crippen molar-refractivity contribution in [2.75, 3.05) is 14.2 Å². The van der Waals surface area contributed by atoms with Crippen molar-refractivity contribution >= 4 is 11.6 Å². The number of ether oxygens (including phenoxy) is 2. The molecule has 2 aromatic carbocycles. The van der Waals surface area contributed by atoms with E-state index in [1.807, 2.05) is 48.5 Å². The summed E-state index contributed by atoms with van der Waals surface area (Å²) in [6, 6.07) is 15.4. The third-order valence-electron chi connectivity index (χ3n) is 4.13. The summed E-state index contributed by atoms with van der Waals surface area (Å²) in [4.78, 5) is 12.1. The number of hydrogen-bond donors (Lipinski definition) is 0. The van der Waals surface area contributed by atoms with Crippen molar-refractivity contribution in [2.24, 2.45) is 5.10 Å². The molecule has 3 rings (SSSR count). The van der Waals surface area contributed by atoms with Crippen LogP contribution in [0.25, 0.3) is 0 Å². The molecule has 1 aliphatic heterocycles. The Balaban J connectivity index is 2.02. The number of para-hydroxylation sites is 1. The minimum atomic E-state index is -0.206. The molecule has 0 aromatic heterocycles. The van der Waals surface area contributed by atoms with E-state index in [9.17, 15) is 4.79 Å². The van der Waals surface area contributed by atoms with Gasteiger partial charge in [-0.05, 0) is 11.6 Å². The second-order valence-electron chi connectivity index (χ2n) is 5.58. The van der Waals surface area contributed by atoms with Crippen molar-refractivity contribution < 1.29 is 14.3 Å². The van der Waals surface area contributed by atoms with Crippen molar-refractivity contribution in [2.45, 2.75) is 19.4 Å². The van der Waals surface area contributed by atoms with E-state index >= 15 is 0 Å². The fourth-order valence-corrected chi connectivity index (χ4v) is 3.02. The highest BCUT2D eigenvalue weighted by Gasteiger charge is 2.33.